The van der Waals surface area contributed by atoms with Crippen LogP contribution in [0.15, 0.2) is 78.9 Å². The van der Waals surface area contributed by atoms with Gasteiger partial charge in [0, 0.05) is 98.8 Å². The largest absolute Gasteiger partial charge is 0.462 e. The standard InChI is InChI=1S/C43H59N5O6/c1-44(36-19-21-37(22-20-36)47(4)41(50)25-27-45(2)42(51)33-53-5)26-13-7-10-18-40(49)46(3)30-31-48-28-23-38(24-29-48)54-43(52)32-35-16-11-12-17-39(35)34-14-8-6-9-15-34/h6,8-9,11-12,14-17,19-22,38H,7,10,13,18,23-33H2,1-5H3. The molecule has 4 rings (SSSR count). The first-order chi connectivity index (χ1) is 26.0. The van der Waals surface area contributed by atoms with Gasteiger partial charge < -0.3 is 34.0 Å². The molecular weight excluding hydrogens is 683 g/mol. The molecule has 1 aliphatic heterocycles. The van der Waals surface area contributed by atoms with Crippen molar-refractivity contribution in [2.75, 3.05) is 91.0 Å². The van der Waals surface area contributed by atoms with E-state index in [4.69, 9.17) is 9.47 Å². The number of unbranched alkanes of at least 4 members (excludes halogenated alkanes) is 2. The molecule has 0 spiro atoms. The Bertz CT molecular complexity index is 1630. The number of amides is 3. The number of carbonyl (C=O) groups excluding carboxylic acids is 4. The minimum Gasteiger partial charge on any atom is -0.462 e. The molecule has 292 valence electrons. The number of anilines is 2. The van der Waals surface area contributed by atoms with Crippen molar-refractivity contribution in [1.82, 2.24) is 14.7 Å². The van der Waals surface area contributed by atoms with Crippen molar-refractivity contribution in [3.63, 3.8) is 0 Å². The van der Waals surface area contributed by atoms with Crippen molar-refractivity contribution in [3.8, 4) is 11.1 Å². The molecule has 3 amide bonds. The van der Waals surface area contributed by atoms with E-state index in [0.717, 1.165) is 86.3 Å². The second-order valence-electron chi connectivity index (χ2n) is 14.2. The summed E-state index contributed by atoms with van der Waals surface area (Å²) < 4.78 is 10.8. The number of piperidine rings is 1. The highest BCUT2D eigenvalue weighted by Crippen LogP contribution is 2.25. The van der Waals surface area contributed by atoms with Crippen molar-refractivity contribution >= 4 is 35.1 Å². The van der Waals surface area contributed by atoms with Gasteiger partial charge in [-0.25, -0.2) is 0 Å². The SMILES string of the molecule is COCC(=O)N(C)CCC(=O)N(C)c1ccc(N(C)CCCCCC(=O)N(C)CCN2CCC(OC(=O)Cc3ccccc3-c3ccccc3)CC2)cc1. The third-order valence-corrected chi connectivity index (χ3v) is 10.2. The van der Waals surface area contributed by atoms with Gasteiger partial charge in [-0.3, -0.25) is 19.2 Å². The van der Waals surface area contributed by atoms with Crippen LogP contribution in [-0.2, 0) is 35.1 Å². The number of rotatable bonds is 20. The number of benzene rings is 3. The summed E-state index contributed by atoms with van der Waals surface area (Å²) in [5.41, 5.74) is 4.99. The quantitative estimate of drug-likeness (QED) is 0.110. The number of likely N-dealkylation sites (tertiary alicyclic amines) is 1. The van der Waals surface area contributed by atoms with Gasteiger partial charge in [-0.1, -0.05) is 61.0 Å². The Morgan fingerprint density at radius 1 is 0.685 bits per heavy atom. The lowest BCUT2D eigenvalue weighted by molar-refractivity contribution is -0.150. The lowest BCUT2D eigenvalue weighted by Gasteiger charge is -2.32. The van der Waals surface area contributed by atoms with Gasteiger partial charge in [0.2, 0.25) is 17.7 Å². The van der Waals surface area contributed by atoms with E-state index in [1.54, 1.807) is 19.0 Å². The van der Waals surface area contributed by atoms with Gasteiger partial charge in [0.25, 0.3) is 0 Å². The van der Waals surface area contributed by atoms with Crippen molar-refractivity contribution in [3.05, 3.63) is 84.4 Å². The highest BCUT2D eigenvalue weighted by molar-refractivity contribution is 5.93. The van der Waals surface area contributed by atoms with Gasteiger partial charge in [-0.15, -0.1) is 0 Å². The smallest absolute Gasteiger partial charge is 0.310 e. The molecule has 3 aromatic carbocycles. The van der Waals surface area contributed by atoms with Crippen LogP contribution in [0, 0.1) is 0 Å². The number of esters is 1. The van der Waals surface area contributed by atoms with Crippen LogP contribution >= 0.6 is 0 Å². The Balaban J connectivity index is 1.06. The summed E-state index contributed by atoms with van der Waals surface area (Å²) in [6, 6.07) is 26.0. The van der Waals surface area contributed by atoms with Crippen LogP contribution in [0.4, 0.5) is 11.4 Å². The van der Waals surface area contributed by atoms with Crippen LogP contribution in [0.3, 0.4) is 0 Å². The predicted molar refractivity (Wildman–Crippen MR) is 214 cm³/mol. The molecule has 11 nitrogen and oxygen atoms in total. The third-order valence-electron chi connectivity index (χ3n) is 10.2. The van der Waals surface area contributed by atoms with Crippen molar-refractivity contribution in [1.29, 1.82) is 0 Å². The summed E-state index contributed by atoms with van der Waals surface area (Å²) in [7, 11) is 8.82. The Labute approximate surface area is 321 Å². The van der Waals surface area contributed by atoms with Gasteiger partial charge in [0.05, 0.1) is 6.42 Å². The number of carbonyl (C=O) groups is 4. The highest BCUT2D eigenvalue weighted by Gasteiger charge is 2.23. The summed E-state index contributed by atoms with van der Waals surface area (Å²) >= 11 is 0. The molecule has 54 heavy (non-hydrogen) atoms. The fraction of sp³-hybridized carbons (Fsp3) is 0.488. The summed E-state index contributed by atoms with van der Waals surface area (Å²) in [5, 5.41) is 0. The molecule has 0 bridgehead atoms. The number of ether oxygens (including phenoxy) is 2. The molecule has 3 aromatic rings. The maximum atomic E-state index is 12.9. The van der Waals surface area contributed by atoms with Crippen LogP contribution in [-0.4, -0.2) is 126 Å². The molecule has 1 saturated heterocycles. The first-order valence-electron chi connectivity index (χ1n) is 19.2. The molecule has 1 heterocycles. The van der Waals surface area contributed by atoms with Gasteiger partial charge in [-0.2, -0.15) is 0 Å². The first kappa shape index (κ1) is 42.0. The third kappa shape index (κ3) is 13.3. The summed E-state index contributed by atoms with van der Waals surface area (Å²) in [6.45, 7) is 4.40. The fourth-order valence-electron chi connectivity index (χ4n) is 6.61. The number of hydrogen-bond donors (Lipinski definition) is 0. The van der Waals surface area contributed by atoms with Gasteiger partial charge in [-0.05, 0) is 66.6 Å². The van der Waals surface area contributed by atoms with Crippen molar-refractivity contribution < 1.29 is 28.7 Å². The van der Waals surface area contributed by atoms with Crippen LogP contribution in [0.1, 0.15) is 50.5 Å². The van der Waals surface area contributed by atoms with Gasteiger partial charge in [0.15, 0.2) is 0 Å². The topological polar surface area (TPSA) is 103 Å². The minimum atomic E-state index is -0.184. The molecule has 0 aromatic heterocycles. The monoisotopic (exact) mass is 741 g/mol. The van der Waals surface area contributed by atoms with Crippen LogP contribution in [0.5, 0.6) is 0 Å². The number of hydrogen-bond acceptors (Lipinski definition) is 8. The van der Waals surface area contributed by atoms with Gasteiger partial charge >= 0.3 is 5.97 Å². The molecule has 1 fully saturated rings. The zero-order chi connectivity index (χ0) is 38.9. The summed E-state index contributed by atoms with van der Waals surface area (Å²) in [4.78, 5) is 59.7. The molecule has 0 N–H and O–H groups in total. The Morgan fingerprint density at radius 3 is 2.04 bits per heavy atom. The average Bonchev–Trinajstić information content (AvgIpc) is 3.19. The molecule has 11 heteroatoms. The van der Waals surface area contributed by atoms with E-state index in [-0.39, 0.29) is 49.2 Å². The number of nitrogens with zero attached hydrogens (tertiary/aromatic N) is 5. The lowest BCUT2D eigenvalue weighted by Crippen LogP contribution is -2.42. The molecule has 0 radical (unpaired) electrons. The van der Waals surface area contributed by atoms with Crippen LogP contribution in [0.25, 0.3) is 11.1 Å². The summed E-state index contributed by atoms with van der Waals surface area (Å²) in [5.74, 6) is -0.230. The minimum absolute atomic E-state index is 0.00289. The molecular formula is C43H59N5O6. The van der Waals surface area contributed by atoms with Crippen LogP contribution < -0.4 is 9.80 Å². The number of likely N-dealkylation sites (N-methyl/N-ethyl adjacent to an activating group) is 2. The Kier molecular flexibility index (Phi) is 17.0. The zero-order valence-corrected chi connectivity index (χ0v) is 32.9. The van der Waals surface area contributed by atoms with E-state index in [0.29, 0.717) is 19.5 Å². The van der Waals surface area contributed by atoms with Crippen LogP contribution in [0.2, 0.25) is 0 Å². The van der Waals surface area contributed by atoms with E-state index >= 15 is 0 Å². The normalized spacial score (nSPS) is 13.3. The second kappa shape index (κ2) is 21.8. The van der Waals surface area contributed by atoms with E-state index in [2.05, 4.69) is 29.0 Å². The maximum absolute atomic E-state index is 12.9. The number of methoxy groups -OCH3 is 1. The second-order valence-corrected chi connectivity index (χ2v) is 14.2. The first-order valence-corrected chi connectivity index (χ1v) is 19.2. The molecule has 1 aliphatic rings. The van der Waals surface area contributed by atoms with E-state index < -0.39 is 0 Å². The van der Waals surface area contributed by atoms with E-state index in [1.165, 1.54) is 12.0 Å². The van der Waals surface area contributed by atoms with Crippen molar-refractivity contribution in [2.24, 2.45) is 0 Å². The fourth-order valence-corrected chi connectivity index (χ4v) is 6.61. The Morgan fingerprint density at radius 2 is 1.33 bits per heavy atom. The van der Waals surface area contributed by atoms with E-state index in [9.17, 15) is 19.2 Å². The highest BCUT2D eigenvalue weighted by atomic mass is 16.5. The van der Waals surface area contributed by atoms with Crippen molar-refractivity contribution in [2.45, 2.75) is 57.5 Å². The lowest BCUT2D eigenvalue weighted by atomic mass is 9.98. The Hall–Kier alpha value is -4.74. The molecule has 0 aliphatic carbocycles. The molecule has 0 saturated carbocycles. The van der Waals surface area contributed by atoms with Gasteiger partial charge in [0.1, 0.15) is 12.7 Å². The summed E-state index contributed by atoms with van der Waals surface area (Å²) in [6.07, 6.45) is 5.35. The molecule has 0 atom stereocenters. The van der Waals surface area contributed by atoms with E-state index in [1.807, 2.05) is 78.7 Å². The zero-order valence-electron chi connectivity index (χ0n) is 32.9. The molecule has 0 unspecified atom stereocenters. The predicted octanol–water partition coefficient (Wildman–Crippen LogP) is 5.52. The maximum Gasteiger partial charge on any atom is 0.310 e. The average molecular weight is 742 g/mol.